The molecular weight excluding hydrogens is 753 g/mol. The molecular formula is C48H64N8O4. The SMILES string of the molecule is C=CC(=O)NCCCC1(C)c2ccc([nH]2)C(C)(CCCNC(=O)C=C)c2ccc([nH]2)C(C)(CCCNC(=O)C=C)c2ccc([nH]2)C(C)(CCCNC(=O)C=C)c2ccc1[nH]2. The fraction of sp³-hybridized carbons (Fsp3) is 0.417. The van der Waals surface area contributed by atoms with Gasteiger partial charge in [0.05, 0.1) is 0 Å². The standard InChI is InChI=1S/C48H64N8O4/c1-9-41(57)49-29-13-25-45(5)33-17-19-35(53-33)46(6,26-14-30-50-42(58)10-2)37-21-23-39(55-37)48(8,28-16-32-52-44(60)12-4)40-24-22-38(56-40)47(7,36-20-18-34(45)54-36)27-15-31-51-43(59)11-3/h9-12,17-24,53-56H,1-4,13-16,25-32H2,5-8H3,(H,49,57)(H,50,58)(H,51,59)(H,52,60). The summed E-state index contributed by atoms with van der Waals surface area (Å²) < 4.78 is 0. The van der Waals surface area contributed by atoms with Gasteiger partial charge in [0.1, 0.15) is 0 Å². The first-order chi connectivity index (χ1) is 28.7. The van der Waals surface area contributed by atoms with Crippen LogP contribution in [0.25, 0.3) is 0 Å². The van der Waals surface area contributed by atoms with Crippen LogP contribution in [-0.4, -0.2) is 69.7 Å². The van der Waals surface area contributed by atoms with Crippen LogP contribution in [0.5, 0.6) is 0 Å². The van der Waals surface area contributed by atoms with Crippen LogP contribution in [0.1, 0.15) is 125 Å². The molecule has 0 fully saturated rings. The number of carbonyl (C=O) groups excluding carboxylic acids is 4. The van der Waals surface area contributed by atoms with Crippen LogP contribution >= 0.6 is 0 Å². The van der Waals surface area contributed by atoms with Gasteiger partial charge < -0.3 is 41.2 Å². The van der Waals surface area contributed by atoms with Crippen molar-refractivity contribution in [3.8, 4) is 0 Å². The molecule has 0 aromatic carbocycles. The minimum atomic E-state index is -0.508. The van der Waals surface area contributed by atoms with Crippen molar-refractivity contribution in [3.63, 3.8) is 0 Å². The Labute approximate surface area is 354 Å². The number of rotatable bonds is 20. The number of hydrogen-bond acceptors (Lipinski definition) is 4. The van der Waals surface area contributed by atoms with E-state index in [1.54, 1.807) is 0 Å². The van der Waals surface area contributed by atoms with Crippen LogP contribution in [0.2, 0.25) is 0 Å². The third-order valence-corrected chi connectivity index (χ3v) is 12.9. The Balaban J connectivity index is 1.67. The normalized spacial score (nSPS) is 21.9. The molecule has 4 amide bonds. The highest BCUT2D eigenvalue weighted by Gasteiger charge is 2.41. The molecule has 5 heterocycles. The number of nitrogens with one attached hydrogen (secondary N) is 8. The van der Waals surface area contributed by atoms with Gasteiger partial charge in [0.2, 0.25) is 23.6 Å². The highest BCUT2D eigenvalue weighted by molar-refractivity contribution is 5.87. The summed E-state index contributed by atoms with van der Waals surface area (Å²) in [6, 6.07) is 17.4. The maximum Gasteiger partial charge on any atom is 0.243 e. The summed E-state index contributed by atoms with van der Waals surface area (Å²) in [6.07, 6.45) is 10.9. The van der Waals surface area contributed by atoms with E-state index in [0.717, 1.165) is 96.9 Å². The molecule has 0 radical (unpaired) electrons. The summed E-state index contributed by atoms with van der Waals surface area (Å²) in [6.45, 7) is 25.4. The van der Waals surface area contributed by atoms with Gasteiger partial charge >= 0.3 is 0 Å². The Kier molecular flexibility index (Phi) is 14.5. The molecule has 0 saturated carbocycles. The molecule has 60 heavy (non-hydrogen) atoms. The van der Waals surface area contributed by atoms with Crippen molar-refractivity contribution >= 4 is 23.6 Å². The quantitative estimate of drug-likeness (QED) is 0.0359. The number of hydrogen-bond donors (Lipinski definition) is 8. The molecule has 0 aliphatic carbocycles. The van der Waals surface area contributed by atoms with Crippen molar-refractivity contribution in [2.45, 2.75) is 101 Å². The average Bonchev–Trinajstić information content (AvgIpc) is 4.10. The van der Waals surface area contributed by atoms with Gasteiger partial charge in [-0.05, 0) is 152 Å². The predicted octanol–water partition coefficient (Wildman–Crippen LogP) is 6.87. The zero-order chi connectivity index (χ0) is 43.6. The third-order valence-electron chi connectivity index (χ3n) is 12.9. The van der Waals surface area contributed by atoms with Crippen molar-refractivity contribution in [2.75, 3.05) is 26.2 Å². The molecule has 0 spiro atoms. The summed E-state index contributed by atoms with van der Waals surface area (Å²) in [7, 11) is 0. The van der Waals surface area contributed by atoms with Gasteiger partial charge in [-0.15, -0.1) is 0 Å². The van der Waals surface area contributed by atoms with E-state index in [2.05, 4.69) is 144 Å². The van der Waals surface area contributed by atoms with Crippen molar-refractivity contribution in [3.05, 3.63) is 145 Å². The molecule has 1 aliphatic rings. The fourth-order valence-electron chi connectivity index (χ4n) is 8.72. The van der Waals surface area contributed by atoms with Crippen molar-refractivity contribution in [1.29, 1.82) is 0 Å². The van der Waals surface area contributed by atoms with E-state index in [1.807, 2.05) is 0 Å². The first-order valence-electron chi connectivity index (χ1n) is 21.1. The molecule has 4 aromatic rings. The first-order valence-corrected chi connectivity index (χ1v) is 21.1. The molecule has 0 saturated heterocycles. The van der Waals surface area contributed by atoms with Gasteiger partial charge in [-0.1, -0.05) is 26.3 Å². The van der Waals surface area contributed by atoms with Gasteiger partial charge in [-0.3, -0.25) is 19.2 Å². The Bertz CT molecular complexity index is 1800. The molecule has 8 bridgehead atoms. The number of carbonyl (C=O) groups is 4. The van der Waals surface area contributed by atoms with Gasteiger partial charge in [0, 0.05) is 93.4 Å². The Morgan fingerprint density at radius 3 is 0.717 bits per heavy atom. The molecule has 8 N–H and O–H groups in total. The number of fused-ring (bicyclic) bond motifs is 8. The van der Waals surface area contributed by atoms with E-state index in [9.17, 15) is 19.2 Å². The van der Waals surface area contributed by atoms with Gasteiger partial charge in [-0.2, -0.15) is 0 Å². The molecule has 0 atom stereocenters. The number of aromatic nitrogens is 4. The highest BCUT2D eigenvalue weighted by Crippen LogP contribution is 2.45. The molecule has 320 valence electrons. The number of amides is 4. The lowest BCUT2D eigenvalue weighted by molar-refractivity contribution is -0.117. The predicted molar refractivity (Wildman–Crippen MR) is 239 cm³/mol. The molecule has 1 aliphatic heterocycles. The van der Waals surface area contributed by atoms with E-state index in [4.69, 9.17) is 0 Å². The molecule has 5 rings (SSSR count). The summed E-state index contributed by atoms with van der Waals surface area (Å²) in [5, 5.41) is 11.8. The van der Waals surface area contributed by atoms with Crippen LogP contribution in [0, 0.1) is 0 Å². The lowest BCUT2D eigenvalue weighted by Gasteiger charge is -2.33. The number of H-pyrrole nitrogens is 4. The minimum Gasteiger partial charge on any atom is -0.361 e. The second kappa shape index (κ2) is 19.4. The minimum absolute atomic E-state index is 0.200. The maximum atomic E-state index is 12.1. The van der Waals surface area contributed by atoms with E-state index >= 15 is 0 Å². The zero-order valence-electron chi connectivity index (χ0n) is 35.9. The lowest BCUT2D eigenvalue weighted by Crippen LogP contribution is -2.32. The van der Waals surface area contributed by atoms with Crippen LogP contribution in [0.3, 0.4) is 0 Å². The van der Waals surface area contributed by atoms with Crippen LogP contribution in [0.15, 0.2) is 99.2 Å². The largest absolute Gasteiger partial charge is 0.361 e. The van der Waals surface area contributed by atoms with E-state index in [1.165, 1.54) is 24.3 Å². The van der Waals surface area contributed by atoms with E-state index in [-0.39, 0.29) is 23.6 Å². The van der Waals surface area contributed by atoms with Crippen molar-refractivity contribution < 1.29 is 19.2 Å². The molecule has 12 heteroatoms. The molecule has 4 aromatic heterocycles. The van der Waals surface area contributed by atoms with Crippen LogP contribution in [-0.2, 0) is 40.8 Å². The Morgan fingerprint density at radius 2 is 0.567 bits per heavy atom. The smallest absolute Gasteiger partial charge is 0.243 e. The monoisotopic (exact) mass is 817 g/mol. The van der Waals surface area contributed by atoms with Crippen molar-refractivity contribution in [1.82, 2.24) is 41.2 Å². The Hall–Kier alpha value is -6.04. The van der Waals surface area contributed by atoms with Gasteiger partial charge in [-0.25, -0.2) is 0 Å². The third kappa shape index (κ3) is 9.70. The first kappa shape index (κ1) is 45.1. The average molecular weight is 817 g/mol. The Morgan fingerprint density at radius 1 is 0.400 bits per heavy atom. The summed E-state index contributed by atoms with van der Waals surface area (Å²) in [5.41, 5.74) is 6.25. The van der Waals surface area contributed by atoms with Gasteiger partial charge in [0.25, 0.3) is 0 Å². The summed E-state index contributed by atoms with van der Waals surface area (Å²) in [5.74, 6) is -0.801. The summed E-state index contributed by atoms with van der Waals surface area (Å²) >= 11 is 0. The van der Waals surface area contributed by atoms with Crippen molar-refractivity contribution in [2.24, 2.45) is 0 Å². The maximum absolute atomic E-state index is 12.1. The summed E-state index contributed by atoms with van der Waals surface area (Å²) in [4.78, 5) is 64.0. The van der Waals surface area contributed by atoms with Crippen LogP contribution < -0.4 is 21.3 Å². The molecule has 12 nitrogen and oxygen atoms in total. The zero-order valence-corrected chi connectivity index (χ0v) is 35.9. The molecule has 0 unspecified atom stereocenters. The fourth-order valence-corrected chi connectivity index (χ4v) is 8.72. The van der Waals surface area contributed by atoms with Crippen LogP contribution in [0.4, 0.5) is 0 Å². The second-order valence-corrected chi connectivity index (χ2v) is 16.9. The topological polar surface area (TPSA) is 180 Å². The number of aromatic amines is 4. The van der Waals surface area contributed by atoms with Gasteiger partial charge in [0.15, 0.2) is 0 Å². The lowest BCUT2D eigenvalue weighted by atomic mass is 9.78. The van der Waals surface area contributed by atoms with E-state index < -0.39 is 21.7 Å². The van der Waals surface area contributed by atoms with E-state index in [0.29, 0.717) is 26.2 Å². The highest BCUT2D eigenvalue weighted by atomic mass is 16.2. The second-order valence-electron chi connectivity index (χ2n) is 16.9.